The first-order valence-corrected chi connectivity index (χ1v) is 6.90. The largest absolute Gasteiger partial charge is 0.395 e. The number of aliphatic hydroxyl groups excluding tert-OH is 1. The third kappa shape index (κ3) is 4.98. The quantitative estimate of drug-likeness (QED) is 0.709. The summed E-state index contributed by atoms with van der Waals surface area (Å²) in [5.41, 5.74) is -0.204. The van der Waals surface area contributed by atoms with Gasteiger partial charge in [-0.25, -0.2) is 8.78 Å². The number of Topliss-reactive ketones (excluding diaryl/α,β-unsaturated/α-hetero) is 1. The van der Waals surface area contributed by atoms with E-state index >= 15 is 0 Å². The smallest absolute Gasteiger partial charge is 0.169 e. The maximum absolute atomic E-state index is 13.5. The van der Waals surface area contributed by atoms with Gasteiger partial charge in [0.25, 0.3) is 0 Å². The third-order valence-electron chi connectivity index (χ3n) is 3.15. The van der Waals surface area contributed by atoms with Crippen molar-refractivity contribution in [2.45, 2.75) is 26.2 Å². The Morgan fingerprint density at radius 1 is 1.25 bits per heavy atom. The SMILES string of the molecule is CCCCN(CCO)CCC(=O)c1cccc(F)c1F. The maximum atomic E-state index is 13.5. The first kappa shape index (κ1) is 16.7. The van der Waals surface area contributed by atoms with Crippen molar-refractivity contribution < 1.29 is 18.7 Å². The van der Waals surface area contributed by atoms with E-state index in [0.717, 1.165) is 25.5 Å². The zero-order valence-corrected chi connectivity index (χ0v) is 11.7. The van der Waals surface area contributed by atoms with Crippen molar-refractivity contribution in [3.05, 3.63) is 35.4 Å². The zero-order chi connectivity index (χ0) is 15.0. The number of halogens is 2. The molecule has 0 aliphatic heterocycles. The summed E-state index contributed by atoms with van der Waals surface area (Å²) < 4.78 is 26.5. The molecule has 0 aromatic heterocycles. The molecule has 0 spiro atoms. The maximum Gasteiger partial charge on any atom is 0.169 e. The van der Waals surface area contributed by atoms with Gasteiger partial charge in [-0.15, -0.1) is 0 Å². The Labute approximate surface area is 118 Å². The van der Waals surface area contributed by atoms with E-state index in [0.29, 0.717) is 13.1 Å². The molecule has 1 rings (SSSR count). The van der Waals surface area contributed by atoms with Gasteiger partial charge in [-0.2, -0.15) is 0 Å². The molecule has 0 aliphatic carbocycles. The van der Waals surface area contributed by atoms with E-state index in [4.69, 9.17) is 5.11 Å². The van der Waals surface area contributed by atoms with E-state index in [1.165, 1.54) is 12.1 Å². The van der Waals surface area contributed by atoms with Gasteiger partial charge in [0.1, 0.15) is 0 Å². The van der Waals surface area contributed by atoms with Crippen LogP contribution in [0.3, 0.4) is 0 Å². The number of rotatable bonds is 9. The molecule has 0 fully saturated rings. The van der Waals surface area contributed by atoms with Crippen LogP contribution in [0.4, 0.5) is 8.78 Å². The van der Waals surface area contributed by atoms with Crippen LogP contribution >= 0.6 is 0 Å². The molecule has 0 atom stereocenters. The Bertz CT molecular complexity index is 438. The molecule has 0 heterocycles. The van der Waals surface area contributed by atoms with Crippen molar-refractivity contribution in [2.75, 3.05) is 26.2 Å². The van der Waals surface area contributed by atoms with Crippen LogP contribution in [0.15, 0.2) is 18.2 Å². The second kappa shape index (κ2) is 8.76. The van der Waals surface area contributed by atoms with Gasteiger partial charge in [-0.1, -0.05) is 19.4 Å². The Kier molecular flexibility index (Phi) is 7.33. The number of nitrogens with zero attached hydrogens (tertiary/aromatic N) is 1. The van der Waals surface area contributed by atoms with Crippen molar-refractivity contribution in [2.24, 2.45) is 0 Å². The fourth-order valence-corrected chi connectivity index (χ4v) is 1.97. The first-order chi connectivity index (χ1) is 9.60. The van der Waals surface area contributed by atoms with Crippen molar-refractivity contribution in [3.63, 3.8) is 0 Å². The molecular formula is C15H21F2NO2. The normalized spacial score (nSPS) is 11.1. The monoisotopic (exact) mass is 285 g/mol. The van der Waals surface area contributed by atoms with E-state index in [1.54, 1.807) is 0 Å². The lowest BCUT2D eigenvalue weighted by molar-refractivity contribution is 0.0951. The molecule has 20 heavy (non-hydrogen) atoms. The molecule has 1 aromatic carbocycles. The summed E-state index contributed by atoms with van der Waals surface area (Å²) in [6.07, 6.45) is 2.11. The average Bonchev–Trinajstić information content (AvgIpc) is 2.44. The highest BCUT2D eigenvalue weighted by Crippen LogP contribution is 2.13. The van der Waals surface area contributed by atoms with Crippen molar-refractivity contribution >= 4 is 5.78 Å². The van der Waals surface area contributed by atoms with Gasteiger partial charge in [-0.05, 0) is 25.1 Å². The number of carbonyl (C=O) groups is 1. The molecule has 0 radical (unpaired) electrons. The highest BCUT2D eigenvalue weighted by molar-refractivity contribution is 5.96. The summed E-state index contributed by atoms with van der Waals surface area (Å²) in [5.74, 6) is -2.50. The lowest BCUT2D eigenvalue weighted by Gasteiger charge is -2.20. The molecule has 0 bridgehead atoms. The van der Waals surface area contributed by atoms with Crippen LogP contribution < -0.4 is 0 Å². The number of unbranched alkanes of at least 4 members (excludes halogenated alkanes) is 1. The molecule has 0 saturated carbocycles. The highest BCUT2D eigenvalue weighted by Gasteiger charge is 2.16. The molecular weight excluding hydrogens is 264 g/mol. The van der Waals surface area contributed by atoms with Crippen LogP contribution in [-0.2, 0) is 0 Å². The summed E-state index contributed by atoms with van der Waals surface area (Å²) in [5, 5.41) is 8.96. The Hall–Kier alpha value is -1.33. The van der Waals surface area contributed by atoms with Crippen molar-refractivity contribution in [3.8, 4) is 0 Å². The van der Waals surface area contributed by atoms with Crippen LogP contribution in [0.25, 0.3) is 0 Å². The number of hydrogen-bond donors (Lipinski definition) is 1. The summed E-state index contributed by atoms with van der Waals surface area (Å²) >= 11 is 0. The van der Waals surface area contributed by atoms with E-state index in [-0.39, 0.29) is 18.6 Å². The first-order valence-electron chi connectivity index (χ1n) is 6.90. The molecule has 1 aromatic rings. The number of benzene rings is 1. The summed E-state index contributed by atoms with van der Waals surface area (Å²) in [6, 6.07) is 3.61. The fourth-order valence-electron chi connectivity index (χ4n) is 1.97. The van der Waals surface area contributed by atoms with Crippen LogP contribution in [0.2, 0.25) is 0 Å². The minimum atomic E-state index is -1.08. The van der Waals surface area contributed by atoms with Gasteiger partial charge in [0.05, 0.1) is 12.2 Å². The van der Waals surface area contributed by atoms with E-state index in [9.17, 15) is 13.6 Å². The summed E-state index contributed by atoms with van der Waals surface area (Å²) in [7, 11) is 0. The van der Waals surface area contributed by atoms with Gasteiger partial charge < -0.3 is 10.0 Å². The molecule has 112 valence electrons. The second-order valence-electron chi connectivity index (χ2n) is 4.69. The van der Waals surface area contributed by atoms with Gasteiger partial charge in [-0.3, -0.25) is 4.79 Å². The molecule has 5 heteroatoms. The minimum absolute atomic E-state index is 0.0201. The van der Waals surface area contributed by atoms with Crippen LogP contribution in [-0.4, -0.2) is 42.0 Å². The predicted molar refractivity (Wildman–Crippen MR) is 73.7 cm³/mol. The lowest BCUT2D eigenvalue weighted by Crippen LogP contribution is -2.30. The fraction of sp³-hybridized carbons (Fsp3) is 0.533. The molecule has 0 saturated heterocycles. The zero-order valence-electron chi connectivity index (χ0n) is 11.7. The summed E-state index contributed by atoms with van der Waals surface area (Å²) in [6.45, 7) is 3.79. The number of ketones is 1. The third-order valence-corrected chi connectivity index (χ3v) is 3.15. The molecule has 3 nitrogen and oxygen atoms in total. The second-order valence-corrected chi connectivity index (χ2v) is 4.69. The number of hydrogen-bond acceptors (Lipinski definition) is 3. The van der Waals surface area contributed by atoms with Gasteiger partial charge in [0.15, 0.2) is 17.4 Å². The Morgan fingerprint density at radius 3 is 2.65 bits per heavy atom. The topological polar surface area (TPSA) is 40.5 Å². The Balaban J connectivity index is 2.58. The van der Waals surface area contributed by atoms with Crippen LogP contribution in [0, 0.1) is 11.6 Å². The molecule has 1 N–H and O–H groups in total. The highest BCUT2D eigenvalue weighted by atomic mass is 19.2. The van der Waals surface area contributed by atoms with Gasteiger partial charge >= 0.3 is 0 Å². The average molecular weight is 285 g/mol. The van der Waals surface area contributed by atoms with E-state index < -0.39 is 17.4 Å². The van der Waals surface area contributed by atoms with Crippen molar-refractivity contribution in [1.82, 2.24) is 4.90 Å². The molecule has 0 amide bonds. The minimum Gasteiger partial charge on any atom is -0.395 e. The van der Waals surface area contributed by atoms with Crippen LogP contribution in [0.1, 0.15) is 36.5 Å². The number of carbonyl (C=O) groups excluding carboxylic acids is 1. The predicted octanol–water partition coefficient (Wildman–Crippen LogP) is 2.63. The van der Waals surface area contributed by atoms with E-state index in [1.807, 2.05) is 4.90 Å². The van der Waals surface area contributed by atoms with Gasteiger partial charge in [0, 0.05) is 19.5 Å². The number of aliphatic hydroxyl groups is 1. The Morgan fingerprint density at radius 2 is 2.00 bits per heavy atom. The van der Waals surface area contributed by atoms with E-state index in [2.05, 4.69) is 6.92 Å². The standard InChI is InChI=1S/C15H21F2NO2/c1-2-3-8-18(10-11-19)9-7-14(20)12-5-4-6-13(16)15(12)17/h4-6,19H,2-3,7-11H2,1H3. The lowest BCUT2D eigenvalue weighted by atomic mass is 10.1. The van der Waals surface area contributed by atoms with Gasteiger partial charge in [0.2, 0.25) is 0 Å². The molecule has 0 unspecified atom stereocenters. The molecule has 0 aliphatic rings. The van der Waals surface area contributed by atoms with Crippen LogP contribution in [0.5, 0.6) is 0 Å². The summed E-state index contributed by atoms with van der Waals surface area (Å²) in [4.78, 5) is 13.9. The van der Waals surface area contributed by atoms with Crippen molar-refractivity contribution in [1.29, 1.82) is 0 Å².